The lowest BCUT2D eigenvalue weighted by Crippen LogP contribution is -2.19. The zero-order chi connectivity index (χ0) is 21.6. The smallest absolute Gasteiger partial charge is 0.291 e. The van der Waals surface area contributed by atoms with Gasteiger partial charge in [0.1, 0.15) is 22.7 Å². The molecule has 0 aliphatic rings. The van der Waals surface area contributed by atoms with Crippen molar-refractivity contribution in [2.24, 2.45) is 5.10 Å². The second-order valence-electron chi connectivity index (χ2n) is 6.36. The fraction of sp³-hybridized carbons (Fsp3) is 0.136. The first kappa shape index (κ1) is 20.0. The number of rotatable bonds is 7. The normalized spacial score (nSPS) is 11.0. The predicted octanol–water partition coefficient (Wildman–Crippen LogP) is 3.46. The van der Waals surface area contributed by atoms with Crippen molar-refractivity contribution in [3.8, 4) is 22.8 Å². The van der Waals surface area contributed by atoms with Crippen LogP contribution in [0.4, 0.5) is 0 Å². The number of hydrogen-bond acceptors (Lipinski definition) is 8. The molecule has 1 N–H and O–H groups in total. The average molecular weight is 417 g/mol. The van der Waals surface area contributed by atoms with E-state index in [9.17, 15) is 4.79 Å². The fourth-order valence-electron chi connectivity index (χ4n) is 2.90. The van der Waals surface area contributed by atoms with Crippen LogP contribution in [0.15, 0.2) is 64.7 Å². The zero-order valence-electron chi connectivity index (χ0n) is 16.9. The minimum Gasteiger partial charge on any atom is -0.497 e. The Kier molecular flexibility index (Phi) is 5.84. The van der Waals surface area contributed by atoms with Crippen molar-refractivity contribution >= 4 is 23.2 Å². The van der Waals surface area contributed by atoms with Crippen LogP contribution in [0.3, 0.4) is 0 Å². The maximum atomic E-state index is 12.5. The number of carbonyl (C=O) groups is 1. The lowest BCUT2D eigenvalue weighted by atomic mass is 10.1. The third-order valence-corrected chi connectivity index (χ3v) is 4.37. The summed E-state index contributed by atoms with van der Waals surface area (Å²) < 4.78 is 16.1. The SMILES string of the molecule is CCOc1ccc(-c2cncc(C(=O)N/N=C/c3cc(OC)cc4ncoc34)n2)cc1. The lowest BCUT2D eigenvalue weighted by molar-refractivity contribution is 0.0950. The first-order valence-corrected chi connectivity index (χ1v) is 9.48. The Labute approximate surface area is 177 Å². The molecule has 9 heteroatoms. The van der Waals surface area contributed by atoms with Crippen LogP contribution in [0.2, 0.25) is 0 Å². The van der Waals surface area contributed by atoms with Crippen LogP contribution in [0.5, 0.6) is 11.5 Å². The van der Waals surface area contributed by atoms with Gasteiger partial charge in [0.05, 0.1) is 38.0 Å². The van der Waals surface area contributed by atoms with Crippen LogP contribution in [0, 0.1) is 0 Å². The summed E-state index contributed by atoms with van der Waals surface area (Å²) in [4.78, 5) is 25.1. The van der Waals surface area contributed by atoms with E-state index in [2.05, 4.69) is 25.5 Å². The summed E-state index contributed by atoms with van der Waals surface area (Å²) in [5.74, 6) is 0.872. The van der Waals surface area contributed by atoms with Crippen LogP contribution in [0.25, 0.3) is 22.4 Å². The summed E-state index contributed by atoms with van der Waals surface area (Å²) in [6, 6.07) is 10.9. The van der Waals surface area contributed by atoms with Gasteiger partial charge in [0.2, 0.25) is 0 Å². The van der Waals surface area contributed by atoms with E-state index < -0.39 is 5.91 Å². The zero-order valence-corrected chi connectivity index (χ0v) is 16.9. The Hall–Kier alpha value is -4.27. The highest BCUT2D eigenvalue weighted by molar-refractivity contribution is 5.97. The molecule has 4 rings (SSSR count). The highest BCUT2D eigenvalue weighted by Crippen LogP contribution is 2.23. The average Bonchev–Trinajstić information content (AvgIpc) is 3.28. The predicted molar refractivity (Wildman–Crippen MR) is 114 cm³/mol. The quantitative estimate of drug-likeness (QED) is 0.362. The Morgan fingerprint density at radius 3 is 2.81 bits per heavy atom. The number of nitrogens with one attached hydrogen (secondary N) is 1. The van der Waals surface area contributed by atoms with Gasteiger partial charge in [0, 0.05) is 17.2 Å². The molecule has 0 aliphatic carbocycles. The Morgan fingerprint density at radius 2 is 2.03 bits per heavy atom. The third kappa shape index (κ3) is 4.50. The summed E-state index contributed by atoms with van der Waals surface area (Å²) in [6.07, 6.45) is 5.76. The Morgan fingerprint density at radius 1 is 1.19 bits per heavy atom. The van der Waals surface area contributed by atoms with E-state index in [-0.39, 0.29) is 5.69 Å². The van der Waals surface area contributed by atoms with Crippen molar-refractivity contribution < 1.29 is 18.7 Å². The number of ether oxygens (including phenoxy) is 2. The van der Waals surface area contributed by atoms with Crippen LogP contribution >= 0.6 is 0 Å². The molecule has 0 bridgehead atoms. The third-order valence-electron chi connectivity index (χ3n) is 4.37. The summed E-state index contributed by atoms with van der Waals surface area (Å²) in [5.41, 5.74) is 5.75. The van der Waals surface area contributed by atoms with E-state index in [1.165, 1.54) is 18.8 Å². The first-order chi connectivity index (χ1) is 15.2. The van der Waals surface area contributed by atoms with E-state index in [4.69, 9.17) is 13.9 Å². The minimum atomic E-state index is -0.492. The van der Waals surface area contributed by atoms with Gasteiger partial charge in [-0.15, -0.1) is 0 Å². The monoisotopic (exact) mass is 417 g/mol. The fourth-order valence-corrected chi connectivity index (χ4v) is 2.90. The second kappa shape index (κ2) is 9.04. The largest absolute Gasteiger partial charge is 0.497 e. The molecule has 2 heterocycles. The van der Waals surface area contributed by atoms with E-state index in [0.717, 1.165) is 11.3 Å². The molecule has 1 amide bonds. The van der Waals surface area contributed by atoms with Gasteiger partial charge in [0.25, 0.3) is 5.91 Å². The first-order valence-electron chi connectivity index (χ1n) is 9.48. The topological polar surface area (TPSA) is 112 Å². The molecule has 0 radical (unpaired) electrons. The highest BCUT2D eigenvalue weighted by atomic mass is 16.5. The maximum absolute atomic E-state index is 12.5. The molecule has 9 nitrogen and oxygen atoms in total. The van der Waals surface area contributed by atoms with Gasteiger partial charge >= 0.3 is 0 Å². The number of hydrazone groups is 1. The molecule has 0 aliphatic heterocycles. The Bertz CT molecular complexity index is 1230. The van der Waals surface area contributed by atoms with Gasteiger partial charge in [-0.25, -0.2) is 15.4 Å². The highest BCUT2D eigenvalue weighted by Gasteiger charge is 2.11. The minimum absolute atomic E-state index is 0.138. The van der Waals surface area contributed by atoms with Crippen molar-refractivity contribution in [2.45, 2.75) is 6.92 Å². The number of aromatic nitrogens is 3. The molecule has 2 aromatic carbocycles. The Balaban J connectivity index is 1.49. The van der Waals surface area contributed by atoms with Gasteiger partial charge in [-0.3, -0.25) is 9.78 Å². The standard InChI is InChI=1S/C22H19N5O4/c1-3-30-16-6-4-14(5-7-16)19-11-23-12-20(26-19)22(28)27-25-10-15-8-17(29-2)9-18-21(15)31-13-24-18/h4-13H,3H2,1-2H3,(H,27,28)/b25-10+. The van der Waals surface area contributed by atoms with Gasteiger partial charge < -0.3 is 13.9 Å². The molecule has 0 fully saturated rings. The van der Waals surface area contributed by atoms with Gasteiger partial charge in [-0.1, -0.05) is 0 Å². The lowest BCUT2D eigenvalue weighted by Gasteiger charge is -2.06. The summed E-state index contributed by atoms with van der Waals surface area (Å²) in [7, 11) is 1.56. The number of methoxy groups -OCH3 is 1. The molecule has 2 aromatic heterocycles. The van der Waals surface area contributed by atoms with E-state index >= 15 is 0 Å². The number of nitrogens with zero attached hydrogens (tertiary/aromatic N) is 4. The molecule has 156 valence electrons. The number of benzene rings is 2. The van der Waals surface area contributed by atoms with Gasteiger partial charge in [0.15, 0.2) is 12.0 Å². The van der Waals surface area contributed by atoms with Crippen LogP contribution in [-0.2, 0) is 0 Å². The molecule has 0 atom stereocenters. The molecule has 0 spiro atoms. The maximum Gasteiger partial charge on any atom is 0.291 e. The molecule has 0 unspecified atom stereocenters. The van der Waals surface area contributed by atoms with Crippen LogP contribution in [0.1, 0.15) is 23.0 Å². The number of oxazole rings is 1. The molecule has 0 saturated carbocycles. The van der Waals surface area contributed by atoms with E-state index in [0.29, 0.717) is 34.7 Å². The number of carbonyl (C=O) groups excluding carboxylic acids is 1. The van der Waals surface area contributed by atoms with Crippen LogP contribution in [-0.4, -0.2) is 40.8 Å². The molecule has 31 heavy (non-hydrogen) atoms. The van der Waals surface area contributed by atoms with Gasteiger partial charge in [-0.05, 0) is 37.3 Å². The van der Waals surface area contributed by atoms with Crippen LogP contribution < -0.4 is 14.9 Å². The molecule has 0 saturated heterocycles. The van der Waals surface area contributed by atoms with E-state index in [1.807, 2.05) is 31.2 Å². The summed E-state index contributed by atoms with van der Waals surface area (Å²) >= 11 is 0. The summed E-state index contributed by atoms with van der Waals surface area (Å²) in [6.45, 7) is 2.51. The van der Waals surface area contributed by atoms with Crippen molar-refractivity contribution in [2.75, 3.05) is 13.7 Å². The van der Waals surface area contributed by atoms with Crippen molar-refractivity contribution in [1.82, 2.24) is 20.4 Å². The molecular weight excluding hydrogens is 398 g/mol. The number of fused-ring (bicyclic) bond motifs is 1. The van der Waals surface area contributed by atoms with Crippen molar-refractivity contribution in [1.29, 1.82) is 0 Å². The molecular formula is C22H19N5O4. The van der Waals surface area contributed by atoms with Crippen molar-refractivity contribution in [3.63, 3.8) is 0 Å². The number of hydrogen-bond donors (Lipinski definition) is 1. The summed E-state index contributed by atoms with van der Waals surface area (Å²) in [5, 5.41) is 4.01. The van der Waals surface area contributed by atoms with Crippen molar-refractivity contribution in [3.05, 3.63) is 66.4 Å². The second-order valence-corrected chi connectivity index (χ2v) is 6.36. The van der Waals surface area contributed by atoms with E-state index in [1.54, 1.807) is 25.4 Å². The molecule has 4 aromatic rings. The van der Waals surface area contributed by atoms with Gasteiger partial charge in [-0.2, -0.15) is 5.10 Å². The number of amides is 1.